The first-order valence-corrected chi connectivity index (χ1v) is 4.89. The van der Waals surface area contributed by atoms with Crippen LogP contribution in [0, 0.1) is 6.92 Å². The van der Waals surface area contributed by atoms with E-state index in [1.807, 2.05) is 19.1 Å². The zero-order valence-electron chi connectivity index (χ0n) is 9.18. The van der Waals surface area contributed by atoms with E-state index in [-0.39, 0.29) is 0 Å². The van der Waals surface area contributed by atoms with Gasteiger partial charge in [-0.25, -0.2) is 4.68 Å². The van der Waals surface area contributed by atoms with Gasteiger partial charge in [0.1, 0.15) is 0 Å². The van der Waals surface area contributed by atoms with Crippen molar-refractivity contribution in [1.29, 1.82) is 0 Å². The lowest BCUT2D eigenvalue weighted by Crippen LogP contribution is -1.99. The molecule has 0 amide bonds. The number of methoxy groups -OCH3 is 1. The van der Waals surface area contributed by atoms with Crippen molar-refractivity contribution in [2.45, 2.75) is 6.92 Å². The molecule has 16 heavy (non-hydrogen) atoms. The predicted molar refractivity (Wildman–Crippen MR) is 60.2 cm³/mol. The highest BCUT2D eigenvalue weighted by molar-refractivity contribution is 5.81. The van der Waals surface area contributed by atoms with Gasteiger partial charge in [-0.05, 0) is 24.6 Å². The van der Waals surface area contributed by atoms with E-state index in [0.717, 1.165) is 17.5 Å². The molecule has 0 saturated carbocycles. The van der Waals surface area contributed by atoms with Gasteiger partial charge in [0.2, 0.25) is 0 Å². The molecule has 4 heteroatoms. The normalized spacial score (nSPS) is 10.1. The van der Waals surface area contributed by atoms with E-state index in [2.05, 4.69) is 5.10 Å². The topological polar surface area (TPSA) is 44.1 Å². The van der Waals surface area contributed by atoms with Gasteiger partial charge in [-0.15, -0.1) is 0 Å². The summed E-state index contributed by atoms with van der Waals surface area (Å²) in [6, 6.07) is 5.59. The van der Waals surface area contributed by atoms with Crippen LogP contribution in [0.1, 0.15) is 15.9 Å². The molecule has 0 radical (unpaired) electrons. The Labute approximate surface area is 93.5 Å². The molecule has 1 heterocycles. The van der Waals surface area contributed by atoms with Crippen molar-refractivity contribution in [2.24, 2.45) is 0 Å². The second-order valence-corrected chi connectivity index (χ2v) is 3.50. The van der Waals surface area contributed by atoms with Crippen LogP contribution in [0.2, 0.25) is 0 Å². The van der Waals surface area contributed by atoms with Crippen LogP contribution in [-0.2, 0) is 0 Å². The number of carbonyl (C=O) groups excluding carboxylic acids is 1. The van der Waals surface area contributed by atoms with Crippen LogP contribution in [0.5, 0.6) is 5.75 Å². The van der Waals surface area contributed by atoms with Gasteiger partial charge in [-0.1, -0.05) is 6.07 Å². The number of aromatic nitrogens is 2. The minimum atomic E-state index is 0.608. The maximum atomic E-state index is 10.9. The van der Waals surface area contributed by atoms with Crippen molar-refractivity contribution in [2.75, 3.05) is 7.11 Å². The van der Waals surface area contributed by atoms with Gasteiger partial charge in [0.15, 0.2) is 12.0 Å². The summed E-state index contributed by atoms with van der Waals surface area (Å²) in [5.41, 5.74) is 2.45. The van der Waals surface area contributed by atoms with Gasteiger partial charge >= 0.3 is 0 Å². The van der Waals surface area contributed by atoms with Crippen LogP contribution in [0.15, 0.2) is 30.6 Å². The standard InChI is InChI=1S/C12H12N2O2/c1-9-3-4-10(8-15)12(5-9)14-7-11(16-2)6-13-14/h3-8H,1-2H3. The van der Waals surface area contributed by atoms with Gasteiger partial charge in [0.25, 0.3) is 0 Å². The number of benzene rings is 1. The first kappa shape index (κ1) is 10.4. The van der Waals surface area contributed by atoms with Crippen molar-refractivity contribution < 1.29 is 9.53 Å². The Hall–Kier alpha value is -2.10. The third kappa shape index (κ3) is 1.82. The smallest absolute Gasteiger partial charge is 0.157 e. The summed E-state index contributed by atoms with van der Waals surface area (Å²) in [6.07, 6.45) is 4.17. The molecule has 0 unspecified atom stereocenters. The lowest BCUT2D eigenvalue weighted by atomic mass is 10.1. The Morgan fingerprint density at radius 2 is 2.25 bits per heavy atom. The lowest BCUT2D eigenvalue weighted by molar-refractivity contribution is 0.112. The molecule has 1 aromatic heterocycles. The van der Waals surface area contributed by atoms with Crippen molar-refractivity contribution in [3.63, 3.8) is 0 Å². The predicted octanol–water partition coefficient (Wildman–Crippen LogP) is 2.00. The summed E-state index contributed by atoms with van der Waals surface area (Å²) in [5.74, 6) is 0.665. The van der Waals surface area contributed by atoms with Gasteiger partial charge in [0, 0.05) is 5.56 Å². The number of aryl methyl sites for hydroxylation is 1. The number of hydrogen-bond acceptors (Lipinski definition) is 3. The molecule has 0 aliphatic carbocycles. The summed E-state index contributed by atoms with van der Waals surface area (Å²) in [7, 11) is 1.58. The second kappa shape index (κ2) is 4.18. The average Bonchev–Trinajstić information content (AvgIpc) is 2.77. The number of aldehydes is 1. The fourth-order valence-electron chi connectivity index (χ4n) is 1.50. The first-order valence-electron chi connectivity index (χ1n) is 4.89. The highest BCUT2D eigenvalue weighted by Crippen LogP contribution is 2.17. The van der Waals surface area contributed by atoms with E-state index in [1.54, 1.807) is 30.3 Å². The molecular weight excluding hydrogens is 204 g/mol. The molecule has 0 atom stereocenters. The van der Waals surface area contributed by atoms with Crippen LogP contribution in [0.25, 0.3) is 5.69 Å². The number of ether oxygens (including phenoxy) is 1. The van der Waals surface area contributed by atoms with Crippen LogP contribution < -0.4 is 4.74 Å². The minimum Gasteiger partial charge on any atom is -0.493 e. The highest BCUT2D eigenvalue weighted by atomic mass is 16.5. The fourth-order valence-corrected chi connectivity index (χ4v) is 1.50. The molecule has 0 fully saturated rings. The monoisotopic (exact) mass is 216 g/mol. The van der Waals surface area contributed by atoms with E-state index >= 15 is 0 Å². The third-order valence-electron chi connectivity index (χ3n) is 2.35. The molecule has 82 valence electrons. The van der Waals surface area contributed by atoms with E-state index in [9.17, 15) is 4.79 Å². The first-order chi connectivity index (χ1) is 7.74. The minimum absolute atomic E-state index is 0.608. The zero-order chi connectivity index (χ0) is 11.5. The summed E-state index contributed by atoms with van der Waals surface area (Å²) in [4.78, 5) is 10.9. The second-order valence-electron chi connectivity index (χ2n) is 3.50. The quantitative estimate of drug-likeness (QED) is 0.737. The van der Waals surface area contributed by atoms with Crippen LogP contribution in [-0.4, -0.2) is 23.2 Å². The zero-order valence-corrected chi connectivity index (χ0v) is 9.18. The molecule has 0 spiro atoms. The Morgan fingerprint density at radius 3 is 2.88 bits per heavy atom. The van der Waals surface area contributed by atoms with Crippen molar-refractivity contribution >= 4 is 6.29 Å². The molecule has 4 nitrogen and oxygen atoms in total. The molecule has 0 N–H and O–H groups in total. The van der Waals surface area contributed by atoms with Gasteiger partial charge in [0.05, 0.1) is 25.2 Å². The maximum absolute atomic E-state index is 10.9. The SMILES string of the molecule is COc1cnn(-c2cc(C)ccc2C=O)c1. The van der Waals surface area contributed by atoms with Gasteiger partial charge in [-0.3, -0.25) is 4.79 Å². The molecule has 0 aliphatic rings. The van der Waals surface area contributed by atoms with Crippen molar-refractivity contribution in [1.82, 2.24) is 9.78 Å². The molecule has 0 aliphatic heterocycles. The fraction of sp³-hybridized carbons (Fsp3) is 0.167. The van der Waals surface area contributed by atoms with Crippen molar-refractivity contribution in [3.05, 3.63) is 41.7 Å². The van der Waals surface area contributed by atoms with E-state index in [0.29, 0.717) is 11.3 Å². The van der Waals surface area contributed by atoms with Crippen LogP contribution in [0.4, 0.5) is 0 Å². The third-order valence-corrected chi connectivity index (χ3v) is 2.35. The van der Waals surface area contributed by atoms with Gasteiger partial charge in [-0.2, -0.15) is 5.10 Å². The number of nitrogens with zero attached hydrogens (tertiary/aromatic N) is 2. The van der Waals surface area contributed by atoms with E-state index in [4.69, 9.17) is 4.74 Å². The largest absolute Gasteiger partial charge is 0.493 e. The van der Waals surface area contributed by atoms with Crippen molar-refractivity contribution in [3.8, 4) is 11.4 Å². The summed E-state index contributed by atoms with van der Waals surface area (Å²) >= 11 is 0. The summed E-state index contributed by atoms with van der Waals surface area (Å²) < 4.78 is 6.68. The molecule has 0 saturated heterocycles. The van der Waals surface area contributed by atoms with Gasteiger partial charge < -0.3 is 4.74 Å². The molecule has 1 aromatic carbocycles. The Kier molecular flexibility index (Phi) is 2.72. The molecule has 2 rings (SSSR count). The Morgan fingerprint density at radius 1 is 1.44 bits per heavy atom. The average molecular weight is 216 g/mol. The Balaban J connectivity index is 2.53. The number of carbonyl (C=O) groups is 1. The maximum Gasteiger partial charge on any atom is 0.157 e. The molecule has 2 aromatic rings. The van der Waals surface area contributed by atoms with Crippen LogP contribution >= 0.6 is 0 Å². The highest BCUT2D eigenvalue weighted by Gasteiger charge is 2.06. The summed E-state index contributed by atoms with van der Waals surface area (Å²) in [5, 5.41) is 4.14. The van der Waals surface area contributed by atoms with Crippen LogP contribution in [0.3, 0.4) is 0 Å². The molecule has 0 bridgehead atoms. The van der Waals surface area contributed by atoms with E-state index in [1.165, 1.54) is 0 Å². The summed E-state index contributed by atoms with van der Waals surface area (Å²) in [6.45, 7) is 1.97. The van der Waals surface area contributed by atoms with E-state index < -0.39 is 0 Å². The Bertz CT molecular complexity index is 517. The lowest BCUT2D eigenvalue weighted by Gasteiger charge is -2.05. The number of hydrogen-bond donors (Lipinski definition) is 0. The molecular formula is C12H12N2O2. The number of rotatable bonds is 3.